The van der Waals surface area contributed by atoms with Gasteiger partial charge in [-0.15, -0.1) is 0 Å². The quantitative estimate of drug-likeness (QED) is 0.667. The summed E-state index contributed by atoms with van der Waals surface area (Å²) in [6.07, 6.45) is 9.60. The molecule has 1 amide bonds. The van der Waals surface area contributed by atoms with Gasteiger partial charge in [-0.1, -0.05) is 18.2 Å². The zero-order valence-electron chi connectivity index (χ0n) is 13.7. The number of benzene rings is 2. The number of allylic oxidation sites excluding steroid dienone is 3. The molecular formula is C20H14N4O2. The number of nitrogens with one attached hydrogen (secondary N) is 1. The second-order valence-corrected chi connectivity index (χ2v) is 5.49. The van der Waals surface area contributed by atoms with E-state index in [1.807, 2.05) is 30.3 Å². The Morgan fingerprint density at radius 2 is 1.88 bits per heavy atom. The van der Waals surface area contributed by atoms with Crippen LogP contribution < -0.4 is 10.1 Å². The van der Waals surface area contributed by atoms with E-state index in [9.17, 15) is 4.79 Å². The molecule has 0 aliphatic carbocycles. The van der Waals surface area contributed by atoms with Crippen LogP contribution in [0.2, 0.25) is 0 Å². The van der Waals surface area contributed by atoms with E-state index in [1.54, 1.807) is 36.6 Å². The summed E-state index contributed by atoms with van der Waals surface area (Å²) in [6, 6.07) is 12.7. The lowest BCUT2D eigenvalue weighted by atomic mass is 10.1. The average molecular weight is 342 g/mol. The van der Waals surface area contributed by atoms with Crippen LogP contribution in [-0.2, 0) is 0 Å². The molecule has 0 saturated heterocycles. The van der Waals surface area contributed by atoms with Crippen LogP contribution in [0.25, 0.3) is 10.9 Å². The Morgan fingerprint density at radius 3 is 2.85 bits per heavy atom. The molecule has 26 heavy (non-hydrogen) atoms. The Hall–Kier alpha value is -3.80. The van der Waals surface area contributed by atoms with Gasteiger partial charge >= 0.3 is 0 Å². The second-order valence-electron chi connectivity index (χ2n) is 5.49. The molecular weight excluding hydrogens is 328 g/mol. The maximum Gasteiger partial charge on any atom is 0.279 e. The molecule has 2 heterocycles. The number of carbonyl (C=O) groups is 1. The highest BCUT2D eigenvalue weighted by molar-refractivity contribution is 6.05. The minimum Gasteiger partial charge on any atom is -0.465 e. The van der Waals surface area contributed by atoms with Crippen molar-refractivity contribution in [1.29, 1.82) is 0 Å². The second kappa shape index (κ2) is 6.98. The summed E-state index contributed by atoms with van der Waals surface area (Å²) in [5, 5.41) is 4.01. The third-order valence-corrected chi connectivity index (χ3v) is 3.80. The summed E-state index contributed by atoms with van der Waals surface area (Å²) in [5.74, 6) is 0.904. The molecule has 1 N–H and O–H groups in total. The monoisotopic (exact) mass is 342 g/mol. The van der Waals surface area contributed by atoms with Gasteiger partial charge in [0.2, 0.25) is 0 Å². The molecule has 1 aromatic heterocycles. The van der Waals surface area contributed by atoms with E-state index in [-0.39, 0.29) is 5.91 Å². The molecule has 2 aromatic carbocycles. The number of para-hydroxylation sites is 1. The van der Waals surface area contributed by atoms with E-state index in [0.29, 0.717) is 22.8 Å². The van der Waals surface area contributed by atoms with Gasteiger partial charge in [-0.2, -0.15) is 0 Å². The van der Waals surface area contributed by atoms with Gasteiger partial charge in [-0.3, -0.25) is 4.79 Å². The van der Waals surface area contributed by atoms with Crippen LogP contribution in [0.15, 0.2) is 78.3 Å². The molecule has 3 aromatic rings. The molecule has 0 radical (unpaired) electrons. The fourth-order valence-corrected chi connectivity index (χ4v) is 2.57. The molecule has 0 unspecified atom stereocenters. The van der Waals surface area contributed by atoms with Gasteiger partial charge < -0.3 is 10.1 Å². The molecule has 1 aliphatic rings. The third kappa shape index (κ3) is 3.21. The lowest BCUT2D eigenvalue weighted by molar-refractivity contribution is 0.100. The van der Waals surface area contributed by atoms with E-state index in [0.717, 1.165) is 10.9 Å². The Kier molecular flexibility index (Phi) is 4.22. The van der Waals surface area contributed by atoms with Crippen molar-refractivity contribution in [2.45, 2.75) is 0 Å². The van der Waals surface area contributed by atoms with Gasteiger partial charge in [0, 0.05) is 11.6 Å². The lowest BCUT2D eigenvalue weighted by Crippen LogP contribution is -2.03. The van der Waals surface area contributed by atoms with Gasteiger partial charge in [0.05, 0.1) is 23.0 Å². The number of fused-ring (bicyclic) bond motifs is 2. The van der Waals surface area contributed by atoms with Crippen molar-refractivity contribution in [1.82, 2.24) is 9.97 Å². The Bertz CT molecular complexity index is 1070. The van der Waals surface area contributed by atoms with E-state index < -0.39 is 0 Å². The number of aromatic nitrogens is 2. The van der Waals surface area contributed by atoms with Gasteiger partial charge in [0.15, 0.2) is 0 Å². The first-order chi connectivity index (χ1) is 12.8. The molecule has 0 spiro atoms. The van der Waals surface area contributed by atoms with Crippen LogP contribution in [0.5, 0.6) is 5.75 Å². The SMILES string of the molecule is O=C1N=CC=CC=COc2ccc3ncnc(c3c2)Nc2ccccc21. The lowest BCUT2D eigenvalue weighted by Gasteiger charge is -2.11. The maximum absolute atomic E-state index is 12.4. The molecule has 126 valence electrons. The number of carbonyl (C=O) groups excluding carboxylic acids is 1. The predicted octanol–water partition coefficient (Wildman–Crippen LogP) is 4.05. The van der Waals surface area contributed by atoms with Crippen molar-refractivity contribution in [2.24, 2.45) is 4.99 Å². The number of ether oxygens (including phenoxy) is 1. The first-order valence-electron chi connectivity index (χ1n) is 7.99. The van der Waals surface area contributed by atoms with Crippen molar-refractivity contribution >= 4 is 34.5 Å². The number of hydrogen-bond donors (Lipinski definition) is 1. The van der Waals surface area contributed by atoms with Crippen molar-refractivity contribution < 1.29 is 9.53 Å². The fourth-order valence-electron chi connectivity index (χ4n) is 2.57. The van der Waals surface area contributed by atoms with Gasteiger partial charge in [-0.25, -0.2) is 15.0 Å². The van der Waals surface area contributed by atoms with Gasteiger partial charge in [0.25, 0.3) is 5.91 Å². The highest BCUT2D eigenvalue weighted by atomic mass is 16.5. The summed E-state index contributed by atoms with van der Waals surface area (Å²) >= 11 is 0. The summed E-state index contributed by atoms with van der Waals surface area (Å²) < 4.78 is 5.61. The molecule has 0 fully saturated rings. The number of amides is 1. The number of nitrogens with zero attached hydrogens (tertiary/aromatic N) is 3. The summed E-state index contributed by atoms with van der Waals surface area (Å²) in [5.41, 5.74) is 1.85. The van der Waals surface area contributed by atoms with Crippen molar-refractivity contribution in [3.8, 4) is 5.75 Å². The van der Waals surface area contributed by atoms with E-state index in [2.05, 4.69) is 20.3 Å². The number of rotatable bonds is 0. The zero-order chi connectivity index (χ0) is 17.8. The molecule has 6 nitrogen and oxygen atoms in total. The number of anilines is 2. The van der Waals surface area contributed by atoms with Gasteiger partial charge in [0.1, 0.15) is 17.9 Å². The standard InChI is InChI=1S/C20H14N4O2/c25-20-15-6-2-3-7-18(15)24-19-16-12-14(8-9-17(16)22-13-23-19)26-11-5-1-4-10-21-20/h1-13H,(H,22,23,24). The molecule has 6 heteroatoms. The van der Waals surface area contributed by atoms with Crippen LogP contribution in [0, 0.1) is 0 Å². The van der Waals surface area contributed by atoms with E-state index in [4.69, 9.17) is 4.74 Å². The maximum atomic E-state index is 12.4. The Morgan fingerprint density at radius 1 is 0.962 bits per heavy atom. The highest BCUT2D eigenvalue weighted by Gasteiger charge is 2.12. The zero-order valence-corrected chi connectivity index (χ0v) is 13.7. The largest absolute Gasteiger partial charge is 0.465 e. The summed E-state index contributed by atoms with van der Waals surface area (Å²) in [7, 11) is 0. The average Bonchev–Trinajstić information content (AvgIpc) is 2.67. The Balaban J connectivity index is 1.89. The highest BCUT2D eigenvalue weighted by Crippen LogP contribution is 2.28. The fraction of sp³-hybridized carbons (Fsp3) is 0. The summed E-state index contributed by atoms with van der Waals surface area (Å²) in [4.78, 5) is 25.0. The van der Waals surface area contributed by atoms with Crippen molar-refractivity contribution in [3.63, 3.8) is 0 Å². The van der Waals surface area contributed by atoms with Crippen LogP contribution in [0.1, 0.15) is 10.4 Å². The van der Waals surface area contributed by atoms with Gasteiger partial charge in [-0.05, 0) is 42.5 Å². The van der Waals surface area contributed by atoms with Crippen LogP contribution in [0.3, 0.4) is 0 Å². The van der Waals surface area contributed by atoms with Crippen LogP contribution in [0.4, 0.5) is 11.5 Å². The molecule has 2 bridgehead atoms. The smallest absolute Gasteiger partial charge is 0.279 e. The summed E-state index contributed by atoms with van der Waals surface area (Å²) in [6.45, 7) is 0. The molecule has 1 aliphatic heterocycles. The molecule has 0 atom stereocenters. The minimum atomic E-state index is -0.341. The number of hydrogen-bond acceptors (Lipinski definition) is 5. The van der Waals surface area contributed by atoms with Crippen LogP contribution >= 0.6 is 0 Å². The first-order valence-corrected chi connectivity index (χ1v) is 7.99. The third-order valence-electron chi connectivity index (χ3n) is 3.80. The van der Waals surface area contributed by atoms with E-state index in [1.165, 1.54) is 12.5 Å². The van der Waals surface area contributed by atoms with Crippen molar-refractivity contribution in [2.75, 3.05) is 5.32 Å². The van der Waals surface area contributed by atoms with E-state index >= 15 is 0 Å². The molecule has 0 saturated carbocycles. The first kappa shape index (κ1) is 15.7. The van der Waals surface area contributed by atoms with Crippen molar-refractivity contribution in [3.05, 3.63) is 78.8 Å². The normalized spacial score (nSPS) is 13.6. The topological polar surface area (TPSA) is 76.5 Å². The number of aliphatic imine (C=N–C) groups is 1. The molecule has 4 rings (SSSR count). The predicted molar refractivity (Wildman–Crippen MR) is 101 cm³/mol. The minimum absolute atomic E-state index is 0.341. The van der Waals surface area contributed by atoms with Crippen LogP contribution in [-0.4, -0.2) is 22.1 Å². The Labute approximate surface area is 149 Å².